The van der Waals surface area contributed by atoms with Crippen LogP contribution in [0.15, 0.2) is 57.9 Å². The highest BCUT2D eigenvalue weighted by atomic mass is 32.2. The van der Waals surface area contributed by atoms with E-state index in [4.69, 9.17) is 9.26 Å². The molecule has 2 aromatic carbocycles. The first-order valence-electron chi connectivity index (χ1n) is 11.8. The Morgan fingerprint density at radius 1 is 1.11 bits per heavy atom. The molecule has 1 saturated heterocycles. The molecule has 0 spiro atoms. The van der Waals surface area contributed by atoms with Gasteiger partial charge in [0.1, 0.15) is 5.75 Å². The summed E-state index contributed by atoms with van der Waals surface area (Å²) in [5.41, 5.74) is 1.32. The zero-order chi connectivity index (χ0) is 24.8. The van der Waals surface area contributed by atoms with Crippen LogP contribution in [0.5, 0.6) is 5.75 Å². The molecule has 186 valence electrons. The van der Waals surface area contributed by atoms with E-state index >= 15 is 0 Å². The number of hydrogen-bond acceptors (Lipinski definition) is 7. The maximum absolute atomic E-state index is 12.8. The molecule has 1 N–H and O–H groups in total. The number of ether oxygens (including phenoxy) is 1. The number of carbonyl (C=O) groups is 1. The molecule has 4 rings (SSSR count). The lowest BCUT2D eigenvalue weighted by atomic mass is 10.0. The minimum absolute atomic E-state index is 0.150. The van der Waals surface area contributed by atoms with Crippen LogP contribution in [0.25, 0.3) is 11.4 Å². The first-order chi connectivity index (χ1) is 16.8. The third-order valence-electron chi connectivity index (χ3n) is 5.98. The van der Waals surface area contributed by atoms with E-state index in [0.717, 1.165) is 24.2 Å². The van der Waals surface area contributed by atoms with E-state index in [9.17, 15) is 13.2 Å². The van der Waals surface area contributed by atoms with Gasteiger partial charge in [0.2, 0.25) is 27.6 Å². The average Bonchev–Trinajstić information content (AvgIpc) is 3.33. The SMILES string of the molecule is CCOc1ccc(-c2noc(CCC(=O)Nc3ccc(S(=O)(=O)N4CCC(C)CC4)cc3)n2)cc1. The Bertz CT molecular complexity index is 1230. The quantitative estimate of drug-likeness (QED) is 0.472. The fraction of sp³-hybridized carbons (Fsp3) is 0.400. The molecule has 2 heterocycles. The summed E-state index contributed by atoms with van der Waals surface area (Å²) in [5, 5.41) is 6.76. The smallest absolute Gasteiger partial charge is 0.243 e. The first kappa shape index (κ1) is 24.9. The standard InChI is InChI=1S/C25H30N4O5S/c1-3-33-21-8-4-19(5-9-21)25-27-24(34-28-25)13-12-23(30)26-20-6-10-22(11-7-20)35(31,32)29-16-14-18(2)15-17-29/h4-11,18H,3,12-17H2,1-2H3,(H,26,30). The highest BCUT2D eigenvalue weighted by molar-refractivity contribution is 7.89. The van der Waals surface area contributed by atoms with Crippen molar-refractivity contribution in [2.24, 2.45) is 5.92 Å². The lowest BCUT2D eigenvalue weighted by Gasteiger charge is -2.29. The monoisotopic (exact) mass is 498 g/mol. The largest absolute Gasteiger partial charge is 0.494 e. The van der Waals surface area contributed by atoms with Gasteiger partial charge in [0.15, 0.2) is 0 Å². The van der Waals surface area contributed by atoms with E-state index in [1.807, 2.05) is 31.2 Å². The van der Waals surface area contributed by atoms with Gasteiger partial charge < -0.3 is 14.6 Å². The second kappa shape index (κ2) is 11.0. The van der Waals surface area contributed by atoms with Gasteiger partial charge in [-0.15, -0.1) is 0 Å². The lowest BCUT2D eigenvalue weighted by molar-refractivity contribution is -0.116. The summed E-state index contributed by atoms with van der Waals surface area (Å²) >= 11 is 0. The van der Waals surface area contributed by atoms with Crippen LogP contribution in [-0.2, 0) is 21.2 Å². The zero-order valence-corrected chi connectivity index (χ0v) is 20.8. The van der Waals surface area contributed by atoms with Crippen molar-refractivity contribution in [3.05, 3.63) is 54.4 Å². The van der Waals surface area contributed by atoms with Gasteiger partial charge in [-0.2, -0.15) is 9.29 Å². The Kier molecular flexibility index (Phi) is 7.82. The zero-order valence-electron chi connectivity index (χ0n) is 19.9. The molecule has 0 aliphatic carbocycles. The molecule has 0 bridgehead atoms. The molecule has 35 heavy (non-hydrogen) atoms. The summed E-state index contributed by atoms with van der Waals surface area (Å²) in [4.78, 5) is 17.0. The molecule has 0 unspecified atom stereocenters. The summed E-state index contributed by atoms with van der Waals surface area (Å²) in [7, 11) is -3.52. The number of aryl methyl sites for hydroxylation is 1. The number of amides is 1. The van der Waals surface area contributed by atoms with E-state index in [1.54, 1.807) is 12.1 Å². The Morgan fingerprint density at radius 2 is 1.80 bits per heavy atom. The number of nitrogens with zero attached hydrogens (tertiary/aromatic N) is 3. The molecule has 1 aliphatic rings. The van der Waals surface area contributed by atoms with E-state index in [2.05, 4.69) is 22.4 Å². The molecular formula is C25H30N4O5S. The van der Waals surface area contributed by atoms with Gasteiger partial charge in [0.25, 0.3) is 0 Å². The molecule has 9 nitrogen and oxygen atoms in total. The molecule has 1 aliphatic heterocycles. The summed E-state index contributed by atoms with van der Waals surface area (Å²) < 4.78 is 37.9. The number of aromatic nitrogens is 2. The topological polar surface area (TPSA) is 115 Å². The highest BCUT2D eigenvalue weighted by Crippen LogP contribution is 2.24. The van der Waals surface area contributed by atoms with Crippen molar-refractivity contribution >= 4 is 21.6 Å². The van der Waals surface area contributed by atoms with Gasteiger partial charge in [0.05, 0.1) is 11.5 Å². The highest BCUT2D eigenvalue weighted by Gasteiger charge is 2.27. The van der Waals surface area contributed by atoms with Gasteiger partial charge in [-0.1, -0.05) is 12.1 Å². The molecule has 3 aromatic rings. The van der Waals surface area contributed by atoms with Gasteiger partial charge in [-0.3, -0.25) is 4.79 Å². The van der Waals surface area contributed by atoms with Crippen molar-refractivity contribution in [1.82, 2.24) is 14.4 Å². The number of nitrogens with one attached hydrogen (secondary N) is 1. The van der Waals surface area contributed by atoms with Crippen molar-refractivity contribution in [3.8, 4) is 17.1 Å². The van der Waals surface area contributed by atoms with Crippen molar-refractivity contribution in [1.29, 1.82) is 0 Å². The summed E-state index contributed by atoms with van der Waals surface area (Å²) in [5.74, 6) is 1.89. The molecule has 0 atom stereocenters. The van der Waals surface area contributed by atoms with Crippen LogP contribution in [0.2, 0.25) is 0 Å². The first-order valence-corrected chi connectivity index (χ1v) is 13.2. The van der Waals surface area contributed by atoms with Crippen LogP contribution in [0.4, 0.5) is 5.69 Å². The lowest BCUT2D eigenvalue weighted by Crippen LogP contribution is -2.37. The third-order valence-corrected chi connectivity index (χ3v) is 7.89. The number of hydrogen-bond donors (Lipinski definition) is 1. The van der Waals surface area contributed by atoms with Crippen molar-refractivity contribution < 1.29 is 22.5 Å². The third kappa shape index (κ3) is 6.26. The summed E-state index contributed by atoms with van der Waals surface area (Å²) in [6, 6.07) is 13.7. The van der Waals surface area contributed by atoms with E-state index in [-0.39, 0.29) is 23.6 Å². The summed E-state index contributed by atoms with van der Waals surface area (Å²) in [6.45, 7) is 5.73. The molecule has 0 radical (unpaired) electrons. The van der Waals surface area contributed by atoms with Crippen LogP contribution in [0, 0.1) is 5.92 Å². The molecule has 0 saturated carbocycles. The van der Waals surface area contributed by atoms with E-state index < -0.39 is 10.0 Å². The minimum Gasteiger partial charge on any atom is -0.494 e. The molecule has 10 heteroatoms. The van der Waals surface area contributed by atoms with Gasteiger partial charge in [0, 0.05) is 37.2 Å². The molecule has 1 amide bonds. The normalized spacial score (nSPS) is 15.1. The van der Waals surface area contributed by atoms with Crippen LogP contribution in [-0.4, -0.2) is 48.5 Å². The van der Waals surface area contributed by atoms with Crippen molar-refractivity contribution in [2.45, 2.75) is 44.4 Å². The van der Waals surface area contributed by atoms with Gasteiger partial charge in [-0.05, 0) is 74.2 Å². The summed E-state index contributed by atoms with van der Waals surface area (Å²) in [6.07, 6.45) is 2.18. The fourth-order valence-corrected chi connectivity index (χ4v) is 5.34. The Balaban J connectivity index is 1.29. The van der Waals surface area contributed by atoms with Crippen LogP contribution in [0.1, 0.15) is 39.0 Å². The van der Waals surface area contributed by atoms with Crippen LogP contribution >= 0.6 is 0 Å². The van der Waals surface area contributed by atoms with Crippen molar-refractivity contribution in [2.75, 3.05) is 25.0 Å². The number of anilines is 1. The number of piperidine rings is 1. The number of rotatable bonds is 9. The number of benzene rings is 2. The molecular weight excluding hydrogens is 468 g/mol. The van der Waals surface area contributed by atoms with Crippen LogP contribution < -0.4 is 10.1 Å². The average molecular weight is 499 g/mol. The van der Waals surface area contributed by atoms with Crippen molar-refractivity contribution in [3.63, 3.8) is 0 Å². The predicted molar refractivity (Wildman–Crippen MR) is 131 cm³/mol. The van der Waals surface area contributed by atoms with E-state index in [0.29, 0.717) is 43.0 Å². The minimum atomic E-state index is -3.52. The number of sulfonamides is 1. The number of carbonyl (C=O) groups excluding carboxylic acids is 1. The maximum atomic E-state index is 12.8. The Labute approximate surface area is 205 Å². The van der Waals surface area contributed by atoms with E-state index in [1.165, 1.54) is 16.4 Å². The predicted octanol–water partition coefficient (Wildman–Crippen LogP) is 4.13. The van der Waals surface area contributed by atoms with Crippen LogP contribution in [0.3, 0.4) is 0 Å². The molecule has 1 fully saturated rings. The van der Waals surface area contributed by atoms with Gasteiger partial charge in [-0.25, -0.2) is 8.42 Å². The second-order valence-corrected chi connectivity index (χ2v) is 10.6. The molecule has 1 aromatic heterocycles. The Morgan fingerprint density at radius 3 is 2.46 bits per heavy atom. The van der Waals surface area contributed by atoms with Gasteiger partial charge >= 0.3 is 0 Å². The Hall–Kier alpha value is -3.24. The second-order valence-electron chi connectivity index (χ2n) is 8.63. The maximum Gasteiger partial charge on any atom is 0.243 e. The fourth-order valence-electron chi connectivity index (χ4n) is 3.87.